The number of benzene rings is 1. The van der Waals surface area contributed by atoms with E-state index in [0.717, 1.165) is 12.0 Å². The van der Waals surface area contributed by atoms with Gasteiger partial charge in [-0.05, 0) is 39.2 Å². The summed E-state index contributed by atoms with van der Waals surface area (Å²) in [5.41, 5.74) is 0.497. The Hall–Kier alpha value is -2.16. The topological polar surface area (TPSA) is 86.3 Å². The number of rotatable bonds is 5. The lowest BCUT2D eigenvalue weighted by Crippen LogP contribution is -2.52. The Bertz CT molecular complexity index is 780. The number of amides is 2. The second-order valence-electron chi connectivity index (χ2n) is 9.38. The van der Waals surface area contributed by atoms with Crippen molar-refractivity contribution in [2.45, 2.75) is 76.2 Å². The summed E-state index contributed by atoms with van der Waals surface area (Å²) in [7, 11) is 0. The van der Waals surface area contributed by atoms with Gasteiger partial charge in [-0.3, -0.25) is 9.69 Å². The van der Waals surface area contributed by atoms with Gasteiger partial charge >= 0.3 is 6.09 Å². The molecule has 170 valence electrons. The first-order chi connectivity index (χ1) is 14.8. The van der Waals surface area contributed by atoms with Gasteiger partial charge in [0.2, 0.25) is 5.91 Å². The van der Waals surface area contributed by atoms with Crippen LogP contribution in [0.5, 0.6) is 0 Å². The van der Waals surface area contributed by atoms with Gasteiger partial charge in [0.25, 0.3) is 0 Å². The van der Waals surface area contributed by atoms with E-state index >= 15 is 0 Å². The molecule has 3 heterocycles. The Balaban J connectivity index is 1.30. The quantitative estimate of drug-likeness (QED) is 0.768. The highest BCUT2D eigenvalue weighted by Gasteiger charge is 2.49. The summed E-state index contributed by atoms with van der Waals surface area (Å²) in [4.78, 5) is 27.0. The summed E-state index contributed by atoms with van der Waals surface area (Å²) in [6, 6.07) is 9.18. The third-order valence-corrected chi connectivity index (χ3v) is 5.83. The molecule has 31 heavy (non-hydrogen) atoms. The Labute approximate surface area is 183 Å². The average Bonchev–Trinajstić information content (AvgIpc) is 3.44. The maximum atomic E-state index is 13.0. The van der Waals surface area contributed by atoms with Crippen LogP contribution in [-0.2, 0) is 30.3 Å². The fourth-order valence-electron chi connectivity index (χ4n) is 4.37. The number of hydrogen-bond donors (Lipinski definition) is 1. The molecule has 0 radical (unpaired) electrons. The standard InChI is InChI=1S/C23H32N2O6/c1-23(2,3)31-22(27)25-11-7-10-17(25)21(26)24-16-13-29-20-18(14-30-19(16)20)28-12-15-8-5-4-6-9-15/h4-6,8-9,16-20H,7,10-14H2,1-3H3,(H,24,26)/t16-,17-,18-,19+,20+/m0/s1. The van der Waals surface area contributed by atoms with Crippen molar-refractivity contribution >= 4 is 12.0 Å². The first-order valence-corrected chi connectivity index (χ1v) is 11.0. The van der Waals surface area contributed by atoms with Crippen LogP contribution in [0.3, 0.4) is 0 Å². The molecule has 0 aliphatic carbocycles. The van der Waals surface area contributed by atoms with E-state index in [9.17, 15) is 9.59 Å². The summed E-state index contributed by atoms with van der Waals surface area (Å²) in [5.74, 6) is -0.185. The van der Waals surface area contributed by atoms with Gasteiger partial charge in [0, 0.05) is 6.54 Å². The van der Waals surface area contributed by atoms with Crippen molar-refractivity contribution in [2.75, 3.05) is 19.8 Å². The Kier molecular flexibility index (Phi) is 6.50. The number of carbonyl (C=O) groups is 2. The van der Waals surface area contributed by atoms with Gasteiger partial charge in [-0.25, -0.2) is 4.79 Å². The lowest BCUT2D eigenvalue weighted by atomic mass is 10.1. The molecule has 0 saturated carbocycles. The molecule has 8 nitrogen and oxygen atoms in total. The summed E-state index contributed by atoms with van der Waals surface area (Å²) in [6.45, 7) is 7.27. The molecule has 0 spiro atoms. The van der Waals surface area contributed by atoms with Gasteiger partial charge in [0.15, 0.2) is 0 Å². The van der Waals surface area contributed by atoms with Crippen molar-refractivity contribution in [2.24, 2.45) is 0 Å². The molecule has 8 heteroatoms. The average molecular weight is 433 g/mol. The van der Waals surface area contributed by atoms with Gasteiger partial charge in [0.05, 0.1) is 25.9 Å². The monoisotopic (exact) mass is 432 g/mol. The summed E-state index contributed by atoms with van der Waals surface area (Å²) in [5, 5.41) is 3.04. The largest absolute Gasteiger partial charge is 0.444 e. The van der Waals surface area contributed by atoms with Crippen molar-refractivity contribution < 1.29 is 28.5 Å². The summed E-state index contributed by atoms with van der Waals surface area (Å²) < 4.78 is 23.3. The third-order valence-electron chi connectivity index (χ3n) is 5.83. The van der Waals surface area contributed by atoms with Crippen LogP contribution in [0, 0.1) is 0 Å². The molecule has 1 aromatic rings. The van der Waals surface area contributed by atoms with Crippen LogP contribution in [0.2, 0.25) is 0 Å². The second kappa shape index (κ2) is 9.14. The zero-order chi connectivity index (χ0) is 22.0. The van der Waals surface area contributed by atoms with Crippen LogP contribution in [0.25, 0.3) is 0 Å². The number of hydrogen-bond acceptors (Lipinski definition) is 6. The zero-order valence-electron chi connectivity index (χ0n) is 18.4. The molecule has 3 saturated heterocycles. The van der Waals surface area contributed by atoms with Crippen LogP contribution < -0.4 is 5.32 Å². The van der Waals surface area contributed by atoms with Gasteiger partial charge in [-0.1, -0.05) is 30.3 Å². The van der Waals surface area contributed by atoms with Gasteiger partial charge in [-0.2, -0.15) is 0 Å². The fourth-order valence-corrected chi connectivity index (χ4v) is 4.37. The van der Waals surface area contributed by atoms with Gasteiger partial charge in [0.1, 0.15) is 30.0 Å². The van der Waals surface area contributed by atoms with Gasteiger partial charge < -0.3 is 24.3 Å². The van der Waals surface area contributed by atoms with Crippen molar-refractivity contribution in [3.8, 4) is 0 Å². The Morgan fingerprint density at radius 1 is 1.13 bits per heavy atom. The first-order valence-electron chi connectivity index (χ1n) is 11.0. The van der Waals surface area contributed by atoms with E-state index in [1.807, 2.05) is 51.1 Å². The second-order valence-corrected chi connectivity index (χ2v) is 9.38. The molecule has 5 atom stereocenters. The zero-order valence-corrected chi connectivity index (χ0v) is 18.4. The Morgan fingerprint density at radius 2 is 1.87 bits per heavy atom. The molecule has 3 aliphatic rings. The normalized spacial score (nSPS) is 30.3. The predicted molar refractivity (Wildman–Crippen MR) is 112 cm³/mol. The summed E-state index contributed by atoms with van der Waals surface area (Å²) in [6.07, 6.45) is 0.321. The minimum Gasteiger partial charge on any atom is -0.444 e. The highest BCUT2D eigenvalue weighted by atomic mass is 16.6. The first kappa shape index (κ1) is 22.0. The van der Waals surface area contributed by atoms with E-state index in [-0.39, 0.29) is 30.3 Å². The molecule has 3 fully saturated rings. The van der Waals surface area contributed by atoms with Crippen LogP contribution in [-0.4, -0.2) is 72.7 Å². The van der Waals surface area contributed by atoms with E-state index in [1.165, 1.54) is 4.90 Å². The maximum Gasteiger partial charge on any atom is 0.410 e. The lowest BCUT2D eigenvalue weighted by Gasteiger charge is -2.29. The maximum absolute atomic E-state index is 13.0. The number of carbonyl (C=O) groups excluding carboxylic acids is 2. The highest BCUT2D eigenvalue weighted by molar-refractivity contribution is 5.86. The smallest absolute Gasteiger partial charge is 0.410 e. The van der Waals surface area contributed by atoms with Crippen molar-refractivity contribution in [3.63, 3.8) is 0 Å². The number of fused-ring (bicyclic) bond motifs is 1. The number of likely N-dealkylation sites (tertiary alicyclic amines) is 1. The molecule has 2 amide bonds. The molecule has 0 bridgehead atoms. The third kappa shape index (κ3) is 5.19. The molecule has 1 N–H and O–H groups in total. The van der Waals surface area contributed by atoms with Crippen LogP contribution in [0.15, 0.2) is 30.3 Å². The van der Waals surface area contributed by atoms with Crippen molar-refractivity contribution in [1.82, 2.24) is 10.2 Å². The van der Waals surface area contributed by atoms with E-state index in [1.54, 1.807) is 0 Å². The van der Waals surface area contributed by atoms with Crippen LogP contribution in [0.4, 0.5) is 4.79 Å². The minimum absolute atomic E-state index is 0.170. The van der Waals surface area contributed by atoms with Crippen molar-refractivity contribution in [1.29, 1.82) is 0 Å². The Morgan fingerprint density at radius 3 is 2.61 bits per heavy atom. The number of ether oxygens (including phenoxy) is 4. The number of nitrogens with one attached hydrogen (secondary N) is 1. The van der Waals surface area contributed by atoms with E-state index in [2.05, 4.69) is 5.32 Å². The van der Waals surface area contributed by atoms with E-state index in [4.69, 9.17) is 18.9 Å². The summed E-state index contributed by atoms with van der Waals surface area (Å²) >= 11 is 0. The molecule has 1 aromatic carbocycles. The molecule has 4 rings (SSSR count). The fraction of sp³-hybridized carbons (Fsp3) is 0.652. The van der Waals surface area contributed by atoms with Crippen LogP contribution >= 0.6 is 0 Å². The molecular weight excluding hydrogens is 400 g/mol. The van der Waals surface area contributed by atoms with E-state index < -0.39 is 17.7 Å². The molecule has 0 unspecified atom stereocenters. The highest BCUT2D eigenvalue weighted by Crippen LogP contribution is 2.30. The lowest BCUT2D eigenvalue weighted by molar-refractivity contribution is -0.127. The SMILES string of the molecule is CC(C)(C)OC(=O)N1CCC[C@H]1C(=O)N[C@H]1CO[C@H]2[C@@H]1OC[C@@H]2OCc1ccccc1. The molecule has 0 aromatic heterocycles. The molecular formula is C23H32N2O6. The van der Waals surface area contributed by atoms with Crippen molar-refractivity contribution in [3.05, 3.63) is 35.9 Å². The number of nitrogens with zero attached hydrogens (tertiary/aromatic N) is 1. The van der Waals surface area contributed by atoms with E-state index in [0.29, 0.717) is 32.8 Å². The van der Waals surface area contributed by atoms with Crippen LogP contribution in [0.1, 0.15) is 39.2 Å². The predicted octanol–water partition coefficient (Wildman–Crippen LogP) is 2.25. The molecule has 3 aliphatic heterocycles. The minimum atomic E-state index is -0.598. The van der Waals surface area contributed by atoms with Gasteiger partial charge in [-0.15, -0.1) is 0 Å².